The Hall–Kier alpha value is -5.57. The van der Waals surface area contributed by atoms with E-state index in [1.165, 1.54) is 25.3 Å². The molecule has 1 aromatic carbocycles. The first-order chi connectivity index (χ1) is 26.2. The van der Waals surface area contributed by atoms with Gasteiger partial charge >= 0.3 is 5.97 Å². The van der Waals surface area contributed by atoms with Crippen LogP contribution in [0.1, 0.15) is 39.0 Å². The fraction of sp³-hybridized carbons (Fsp3) is 0.500. The number of carboxylic acid groups (broad SMARTS) is 1. The molecule has 3 rings (SSSR count). The maximum atomic E-state index is 13.3. The monoisotopic (exact) mass is 763 g/mol. The molecule has 54 heavy (non-hydrogen) atoms. The van der Waals surface area contributed by atoms with Gasteiger partial charge in [-0.25, -0.2) is 4.79 Å². The predicted octanol–water partition coefficient (Wildman–Crippen LogP) is -2.24. The average Bonchev–Trinajstić information content (AvgIpc) is 3.48. The molecule has 0 bridgehead atoms. The number of nitrogens with zero attached hydrogens (tertiary/aromatic N) is 1. The first kappa shape index (κ1) is 41.2. The molecule has 9 N–H and O–H groups in total. The van der Waals surface area contributed by atoms with Crippen LogP contribution >= 0.6 is 0 Å². The topological polar surface area (TPSA) is 294 Å². The molecule has 2 aliphatic rings. The number of ether oxygens (including phenoxy) is 4. The highest BCUT2D eigenvalue weighted by molar-refractivity contribution is 6.15. The highest BCUT2D eigenvalue weighted by atomic mass is 16.7. The molecule has 5 atom stereocenters. The summed E-state index contributed by atoms with van der Waals surface area (Å²) in [6.45, 7) is 0.175. The van der Waals surface area contributed by atoms with Gasteiger partial charge in [0.2, 0.25) is 23.5 Å². The van der Waals surface area contributed by atoms with Crippen molar-refractivity contribution in [1.82, 2.24) is 20.9 Å². The Morgan fingerprint density at radius 3 is 2.44 bits per heavy atom. The van der Waals surface area contributed by atoms with Crippen molar-refractivity contribution in [2.45, 2.75) is 69.3 Å². The number of nitrogens with two attached hydrogens (primary N) is 1. The third-order valence-electron chi connectivity index (χ3n) is 8.05. The molecule has 0 radical (unpaired) electrons. The number of hydrogen-bond donors (Lipinski definition) is 8. The number of benzene rings is 1. The molecule has 0 saturated heterocycles. The van der Waals surface area contributed by atoms with Gasteiger partial charge in [-0.05, 0) is 49.5 Å². The van der Waals surface area contributed by atoms with Crippen LogP contribution in [0.5, 0.6) is 5.75 Å². The van der Waals surface area contributed by atoms with E-state index in [-0.39, 0.29) is 69.5 Å². The van der Waals surface area contributed by atoms with E-state index in [1.54, 1.807) is 0 Å². The number of nitrogens with one attached hydrogen (secondary N) is 4. The summed E-state index contributed by atoms with van der Waals surface area (Å²) in [5.74, 6) is -5.11. The van der Waals surface area contributed by atoms with Gasteiger partial charge in [0.05, 0.1) is 12.3 Å². The van der Waals surface area contributed by atoms with Gasteiger partial charge in [-0.1, -0.05) is 6.07 Å². The zero-order valence-corrected chi connectivity index (χ0v) is 29.5. The van der Waals surface area contributed by atoms with Crippen LogP contribution in [-0.4, -0.2) is 133 Å². The van der Waals surface area contributed by atoms with E-state index in [4.69, 9.17) is 26.1 Å². The zero-order valence-electron chi connectivity index (χ0n) is 30.5. The van der Waals surface area contributed by atoms with E-state index >= 15 is 0 Å². The van der Waals surface area contributed by atoms with Gasteiger partial charge in [-0.15, -0.1) is 0 Å². The van der Waals surface area contributed by atoms with Gasteiger partial charge in [0.25, 0.3) is 24.6 Å². The van der Waals surface area contributed by atoms with Gasteiger partial charge in [-0.3, -0.25) is 33.7 Å². The van der Waals surface area contributed by atoms with Crippen molar-refractivity contribution in [2.75, 3.05) is 45.2 Å². The van der Waals surface area contributed by atoms with Crippen molar-refractivity contribution in [3.05, 3.63) is 47.7 Å². The Kier molecular flexibility index (Phi) is 16.7. The fourth-order valence-corrected chi connectivity index (χ4v) is 5.23. The Labute approximate surface area is 311 Å². The summed E-state index contributed by atoms with van der Waals surface area (Å²) in [5, 5.41) is 40.9. The lowest BCUT2D eigenvalue weighted by Crippen LogP contribution is -2.57. The number of carbonyl (C=O) groups is 7. The average molecular weight is 764 g/mol. The van der Waals surface area contributed by atoms with Crippen LogP contribution in [0.4, 0.5) is 5.69 Å². The number of unbranched alkanes of at least 4 members (excludes halogenated alkanes) is 1. The minimum Gasteiger partial charge on any atom is -0.475 e. The lowest BCUT2D eigenvalue weighted by Gasteiger charge is -2.31. The van der Waals surface area contributed by atoms with Crippen molar-refractivity contribution in [3.63, 3.8) is 0 Å². The third-order valence-corrected chi connectivity index (χ3v) is 8.05. The SMILES string of the molecule is [2H]C(=O)OCc1ccc(O[C@@H]2OC(C(=O)O)=C[C@H](O)[C@H]2O)c(NCCCNC(=O)[C@H](CCCCNC(=O)CCOC)NC(=O)C(CN)N2C(=O)C=CC2=O)c1. The summed E-state index contributed by atoms with van der Waals surface area (Å²) in [6, 6.07) is 1.93. The van der Waals surface area contributed by atoms with E-state index in [0.29, 0.717) is 29.8 Å². The highest BCUT2D eigenvalue weighted by Gasteiger charge is 2.38. The summed E-state index contributed by atoms with van der Waals surface area (Å²) >= 11 is 0. The van der Waals surface area contributed by atoms with Crippen LogP contribution in [0.15, 0.2) is 42.2 Å². The molecule has 0 aliphatic carbocycles. The lowest BCUT2D eigenvalue weighted by molar-refractivity contribution is -0.172. The second-order valence-electron chi connectivity index (χ2n) is 12.0. The Bertz CT molecular complexity index is 1610. The van der Waals surface area contributed by atoms with Gasteiger partial charge in [-0.2, -0.15) is 0 Å². The number of rotatable bonds is 23. The van der Waals surface area contributed by atoms with E-state index in [2.05, 4.69) is 21.3 Å². The fourth-order valence-electron chi connectivity index (χ4n) is 5.23. The third kappa shape index (κ3) is 12.8. The minimum absolute atomic E-state index is 0.0464. The second kappa shape index (κ2) is 21.8. The zero-order chi connectivity index (χ0) is 40.5. The molecule has 1 aromatic rings. The predicted molar refractivity (Wildman–Crippen MR) is 186 cm³/mol. The molecular formula is C34H46N6O14. The molecule has 2 aliphatic heterocycles. The normalized spacial score (nSPS) is 19.1. The molecular weight excluding hydrogens is 716 g/mol. The highest BCUT2D eigenvalue weighted by Crippen LogP contribution is 2.30. The molecule has 5 amide bonds. The van der Waals surface area contributed by atoms with Crippen molar-refractivity contribution in [2.24, 2.45) is 5.73 Å². The van der Waals surface area contributed by atoms with Crippen LogP contribution < -0.4 is 31.7 Å². The summed E-state index contributed by atoms with van der Waals surface area (Å²) in [5.41, 5.74) is 6.43. The number of aliphatic hydroxyl groups is 2. The van der Waals surface area contributed by atoms with Crippen molar-refractivity contribution in [3.8, 4) is 5.75 Å². The number of amides is 5. The lowest BCUT2D eigenvalue weighted by atomic mass is 10.1. The number of aliphatic hydroxyl groups excluding tert-OH is 2. The van der Waals surface area contributed by atoms with Crippen LogP contribution in [0.2, 0.25) is 0 Å². The number of imide groups is 1. The smallest absolute Gasteiger partial charge is 0.371 e. The summed E-state index contributed by atoms with van der Waals surface area (Å²) in [6.07, 6.45) is -1.83. The second-order valence-corrected chi connectivity index (χ2v) is 12.0. The Balaban J connectivity index is 1.64. The van der Waals surface area contributed by atoms with E-state index in [9.17, 15) is 48.9 Å². The quantitative estimate of drug-likeness (QED) is 0.0332. The Morgan fingerprint density at radius 1 is 1.06 bits per heavy atom. The molecule has 0 saturated carbocycles. The molecule has 20 heteroatoms. The van der Waals surface area contributed by atoms with E-state index < -0.39 is 72.4 Å². The van der Waals surface area contributed by atoms with Crippen LogP contribution in [0, 0.1) is 0 Å². The summed E-state index contributed by atoms with van der Waals surface area (Å²) in [7, 11) is 1.48. The first-order valence-electron chi connectivity index (χ1n) is 17.5. The van der Waals surface area contributed by atoms with Crippen molar-refractivity contribution in [1.29, 1.82) is 0 Å². The Morgan fingerprint density at radius 2 is 1.78 bits per heavy atom. The molecule has 0 aromatic heterocycles. The number of aliphatic carboxylic acids is 1. The van der Waals surface area contributed by atoms with Crippen LogP contribution in [-0.2, 0) is 54.4 Å². The molecule has 1 unspecified atom stereocenters. The molecule has 2 heterocycles. The summed E-state index contributed by atoms with van der Waals surface area (Å²) in [4.78, 5) is 86.0. The summed E-state index contributed by atoms with van der Waals surface area (Å²) < 4.78 is 27.5. The molecule has 20 nitrogen and oxygen atoms in total. The van der Waals surface area contributed by atoms with Gasteiger partial charge < -0.3 is 61.3 Å². The molecule has 0 spiro atoms. The minimum atomic E-state index is -1.66. The van der Waals surface area contributed by atoms with Gasteiger partial charge in [0.1, 0.15) is 30.5 Å². The van der Waals surface area contributed by atoms with Crippen LogP contribution in [0.25, 0.3) is 0 Å². The number of carboxylic acids is 1. The number of anilines is 1. The number of hydrogen-bond acceptors (Lipinski definition) is 15. The van der Waals surface area contributed by atoms with Crippen LogP contribution in [0.3, 0.4) is 0 Å². The molecule has 296 valence electrons. The maximum absolute atomic E-state index is 13.3. The number of carbonyl (C=O) groups excluding carboxylic acids is 6. The largest absolute Gasteiger partial charge is 0.475 e. The van der Waals surface area contributed by atoms with Crippen molar-refractivity contribution < 1.29 is 69.2 Å². The van der Waals surface area contributed by atoms with E-state index in [0.717, 1.165) is 18.2 Å². The standard InChI is InChI=1S/C34H46N6O14/c1-51-14-10-27(43)37-11-3-2-5-21(39-32(48)23(17-35)40-28(44)8-9-29(40)45)31(47)38-13-4-12-36-22-15-20(18-52-19-41)6-7-25(22)53-34-30(46)24(42)16-26(54-34)33(49)50/h6-9,15-16,19,21,23-24,30,34,36,42,46H,2-5,10-14,17-18,35H2,1H3,(H,37,43)(H,38,47)(H,39,48)(H,49,50)/t21-,23?,24-,30+,34+/m0/s1/i19D. The number of methoxy groups -OCH3 is 1. The first-order valence-corrected chi connectivity index (χ1v) is 17.0. The van der Waals surface area contributed by atoms with Gasteiger partial charge in [0, 0.05) is 51.9 Å². The van der Waals surface area contributed by atoms with Crippen molar-refractivity contribution >= 4 is 47.6 Å². The molecule has 0 fully saturated rings. The maximum Gasteiger partial charge on any atom is 0.371 e. The van der Waals surface area contributed by atoms with Gasteiger partial charge in [0.15, 0.2) is 7.47 Å². The van der Waals surface area contributed by atoms with E-state index in [1.807, 2.05) is 0 Å².